The monoisotopic (exact) mass is 332 g/mol. The summed E-state index contributed by atoms with van der Waals surface area (Å²) in [5.74, 6) is -1.23. The highest BCUT2D eigenvalue weighted by Crippen LogP contribution is 2.09. The van der Waals surface area contributed by atoms with Gasteiger partial charge in [-0.1, -0.05) is 44.2 Å². The van der Waals surface area contributed by atoms with E-state index in [1.54, 1.807) is 18.2 Å². The van der Waals surface area contributed by atoms with E-state index in [0.717, 1.165) is 5.56 Å². The molecule has 0 aliphatic heterocycles. The quantitative estimate of drug-likeness (QED) is 0.590. The van der Waals surface area contributed by atoms with Crippen molar-refractivity contribution in [2.45, 2.75) is 33.2 Å². The van der Waals surface area contributed by atoms with E-state index < -0.39 is 17.9 Å². The largest absolute Gasteiger partial charge is 0.467 e. The van der Waals surface area contributed by atoms with E-state index in [1.165, 1.54) is 14.0 Å². The molecule has 0 fully saturated rings. The van der Waals surface area contributed by atoms with Crippen molar-refractivity contribution in [3.05, 3.63) is 41.6 Å². The smallest absolute Gasteiger partial charge is 0.328 e. The minimum Gasteiger partial charge on any atom is -0.467 e. The maximum atomic E-state index is 12.5. The number of hydrogen-bond acceptors (Lipinski definition) is 4. The lowest BCUT2D eigenvalue weighted by Crippen LogP contribution is -2.45. The average Bonchev–Trinajstić information content (AvgIpc) is 2.53. The first kappa shape index (κ1) is 19.4. The summed E-state index contributed by atoms with van der Waals surface area (Å²) < 4.78 is 4.73. The number of ether oxygens (including phenoxy) is 1. The van der Waals surface area contributed by atoms with Crippen LogP contribution in [-0.4, -0.2) is 30.9 Å². The van der Waals surface area contributed by atoms with Crippen molar-refractivity contribution < 1.29 is 19.1 Å². The molecule has 0 aliphatic carbocycles. The van der Waals surface area contributed by atoms with Crippen LogP contribution in [0.3, 0.4) is 0 Å². The molecule has 130 valence electrons. The molecule has 0 spiro atoms. The Labute approximate surface area is 142 Å². The van der Waals surface area contributed by atoms with Crippen molar-refractivity contribution in [1.29, 1.82) is 0 Å². The standard InChI is InChI=1S/C18H24N2O4/c1-12(2)10-16(18(23)24-4)20-17(22)15(19-13(3)21)11-14-8-6-5-7-9-14/h5-9,11-12,16H,10H2,1-4H3,(H,19,21)(H,20,22)/b15-11-/t16-/m1/s1. The molecule has 6 heteroatoms. The first-order valence-corrected chi connectivity index (χ1v) is 7.76. The number of amides is 2. The summed E-state index contributed by atoms with van der Waals surface area (Å²) in [4.78, 5) is 35.7. The second-order valence-corrected chi connectivity index (χ2v) is 5.83. The number of methoxy groups -OCH3 is 1. The Morgan fingerprint density at radius 3 is 2.29 bits per heavy atom. The average molecular weight is 332 g/mol. The van der Waals surface area contributed by atoms with Crippen LogP contribution in [0, 0.1) is 5.92 Å². The molecule has 0 aromatic heterocycles. The summed E-state index contributed by atoms with van der Waals surface area (Å²) in [7, 11) is 1.27. The number of carbonyl (C=O) groups is 3. The van der Waals surface area contributed by atoms with Gasteiger partial charge in [0.1, 0.15) is 11.7 Å². The molecule has 0 saturated heterocycles. The van der Waals surface area contributed by atoms with Gasteiger partial charge < -0.3 is 15.4 Å². The van der Waals surface area contributed by atoms with Gasteiger partial charge in [0.05, 0.1) is 7.11 Å². The van der Waals surface area contributed by atoms with Crippen LogP contribution in [0.1, 0.15) is 32.8 Å². The molecule has 0 radical (unpaired) electrons. The van der Waals surface area contributed by atoms with E-state index >= 15 is 0 Å². The summed E-state index contributed by atoms with van der Waals surface area (Å²) in [6.45, 7) is 5.20. The van der Waals surface area contributed by atoms with Gasteiger partial charge in [-0.25, -0.2) is 4.79 Å². The number of hydrogen-bond donors (Lipinski definition) is 2. The third kappa shape index (κ3) is 6.64. The fraction of sp³-hybridized carbons (Fsp3) is 0.389. The van der Waals surface area contributed by atoms with Crippen molar-refractivity contribution in [1.82, 2.24) is 10.6 Å². The normalized spacial score (nSPS) is 12.5. The molecule has 2 amide bonds. The van der Waals surface area contributed by atoms with Crippen molar-refractivity contribution in [3.63, 3.8) is 0 Å². The number of rotatable bonds is 7. The minimum atomic E-state index is -0.768. The lowest BCUT2D eigenvalue weighted by molar-refractivity contribution is -0.145. The molecule has 1 rings (SSSR count). The molecule has 1 atom stereocenters. The summed E-state index contributed by atoms with van der Waals surface area (Å²) in [6.07, 6.45) is 2.00. The lowest BCUT2D eigenvalue weighted by Gasteiger charge is -2.19. The van der Waals surface area contributed by atoms with Crippen molar-refractivity contribution >= 4 is 23.9 Å². The molecule has 0 saturated carbocycles. The van der Waals surface area contributed by atoms with Crippen molar-refractivity contribution in [2.24, 2.45) is 5.92 Å². The van der Waals surface area contributed by atoms with Gasteiger partial charge in [-0.15, -0.1) is 0 Å². The van der Waals surface area contributed by atoms with E-state index in [4.69, 9.17) is 4.74 Å². The molecule has 1 aromatic rings. The van der Waals surface area contributed by atoms with Gasteiger partial charge in [-0.2, -0.15) is 0 Å². The highest BCUT2D eigenvalue weighted by Gasteiger charge is 2.24. The van der Waals surface area contributed by atoms with Gasteiger partial charge in [-0.05, 0) is 24.0 Å². The van der Waals surface area contributed by atoms with Gasteiger partial charge in [0, 0.05) is 6.92 Å². The summed E-state index contributed by atoms with van der Waals surface area (Å²) in [6, 6.07) is 8.35. The number of benzene rings is 1. The van der Waals surface area contributed by atoms with E-state index in [0.29, 0.717) is 6.42 Å². The van der Waals surface area contributed by atoms with Crippen molar-refractivity contribution in [3.8, 4) is 0 Å². The van der Waals surface area contributed by atoms with E-state index in [-0.39, 0.29) is 17.5 Å². The number of esters is 1. The molecular weight excluding hydrogens is 308 g/mol. The van der Waals surface area contributed by atoms with E-state index in [9.17, 15) is 14.4 Å². The zero-order valence-electron chi connectivity index (χ0n) is 14.5. The molecule has 0 aliphatic rings. The number of nitrogens with one attached hydrogen (secondary N) is 2. The maximum absolute atomic E-state index is 12.5. The number of carbonyl (C=O) groups excluding carboxylic acids is 3. The lowest BCUT2D eigenvalue weighted by atomic mass is 10.0. The Balaban J connectivity index is 3.00. The first-order chi connectivity index (χ1) is 11.3. The minimum absolute atomic E-state index is 0.0753. The second-order valence-electron chi connectivity index (χ2n) is 5.83. The molecular formula is C18H24N2O4. The molecule has 0 unspecified atom stereocenters. The van der Waals surface area contributed by atoms with Crippen LogP contribution in [0.4, 0.5) is 0 Å². The zero-order chi connectivity index (χ0) is 18.1. The van der Waals surface area contributed by atoms with Gasteiger partial charge >= 0.3 is 5.97 Å². The van der Waals surface area contributed by atoms with Gasteiger partial charge in [-0.3, -0.25) is 9.59 Å². The molecule has 24 heavy (non-hydrogen) atoms. The highest BCUT2D eigenvalue weighted by molar-refractivity contribution is 6.02. The van der Waals surface area contributed by atoms with Crippen LogP contribution in [0.25, 0.3) is 6.08 Å². The second kappa shape index (κ2) is 9.50. The van der Waals surface area contributed by atoms with Crippen LogP contribution in [0.2, 0.25) is 0 Å². The third-order valence-corrected chi connectivity index (χ3v) is 3.16. The molecule has 1 aromatic carbocycles. The predicted molar refractivity (Wildman–Crippen MR) is 91.6 cm³/mol. The van der Waals surface area contributed by atoms with Gasteiger partial charge in [0.15, 0.2) is 0 Å². The fourth-order valence-corrected chi connectivity index (χ4v) is 2.13. The summed E-state index contributed by atoms with van der Waals surface area (Å²) in [5, 5.41) is 5.13. The molecule has 6 nitrogen and oxygen atoms in total. The van der Waals surface area contributed by atoms with E-state index in [1.807, 2.05) is 32.0 Å². The Bertz CT molecular complexity index is 609. The predicted octanol–water partition coefficient (Wildman–Crippen LogP) is 1.87. The highest BCUT2D eigenvalue weighted by atomic mass is 16.5. The summed E-state index contributed by atoms with van der Waals surface area (Å²) in [5.41, 5.74) is 0.834. The SMILES string of the molecule is COC(=O)[C@@H](CC(C)C)NC(=O)/C(=C/c1ccccc1)NC(C)=O. The summed E-state index contributed by atoms with van der Waals surface area (Å²) >= 11 is 0. The Morgan fingerprint density at radius 2 is 1.79 bits per heavy atom. The first-order valence-electron chi connectivity index (χ1n) is 7.76. The third-order valence-electron chi connectivity index (χ3n) is 3.16. The molecule has 0 heterocycles. The Morgan fingerprint density at radius 1 is 1.17 bits per heavy atom. The zero-order valence-corrected chi connectivity index (χ0v) is 14.5. The van der Waals surface area contributed by atoms with Gasteiger partial charge in [0.25, 0.3) is 5.91 Å². The van der Waals surface area contributed by atoms with Crippen LogP contribution < -0.4 is 10.6 Å². The van der Waals surface area contributed by atoms with Crippen LogP contribution in [0.15, 0.2) is 36.0 Å². The topological polar surface area (TPSA) is 84.5 Å². The van der Waals surface area contributed by atoms with Gasteiger partial charge in [0.2, 0.25) is 5.91 Å². The van der Waals surface area contributed by atoms with Crippen LogP contribution >= 0.6 is 0 Å². The Kier molecular flexibility index (Phi) is 7.68. The molecule has 2 N–H and O–H groups in total. The van der Waals surface area contributed by atoms with Crippen LogP contribution in [-0.2, 0) is 19.1 Å². The van der Waals surface area contributed by atoms with Crippen LogP contribution in [0.5, 0.6) is 0 Å². The molecule has 0 bridgehead atoms. The van der Waals surface area contributed by atoms with E-state index in [2.05, 4.69) is 10.6 Å². The van der Waals surface area contributed by atoms with Crippen molar-refractivity contribution in [2.75, 3.05) is 7.11 Å². The Hall–Kier alpha value is -2.63. The fourth-order valence-electron chi connectivity index (χ4n) is 2.13. The maximum Gasteiger partial charge on any atom is 0.328 e.